The van der Waals surface area contributed by atoms with Crippen LogP contribution in [0.4, 0.5) is 0 Å². The maximum Gasteiger partial charge on any atom is 0.306 e. The van der Waals surface area contributed by atoms with Gasteiger partial charge in [0.25, 0.3) is 0 Å². The van der Waals surface area contributed by atoms with E-state index in [4.69, 9.17) is 9.47 Å². The maximum atomic E-state index is 12.8. The lowest BCUT2D eigenvalue weighted by atomic mass is 10.0. The Hall–Kier alpha value is -0.790. The van der Waals surface area contributed by atoms with Crippen molar-refractivity contribution in [3.63, 3.8) is 0 Å². The van der Waals surface area contributed by atoms with E-state index in [1.54, 1.807) is 0 Å². The van der Waals surface area contributed by atoms with E-state index in [-0.39, 0.29) is 17.8 Å². The lowest BCUT2D eigenvalue weighted by Gasteiger charge is -2.33. The van der Waals surface area contributed by atoms with Crippen molar-refractivity contribution in [1.82, 2.24) is 9.80 Å². The fraction of sp³-hybridized carbons (Fsp3) is 0.875. The molecule has 0 spiro atoms. The van der Waals surface area contributed by atoms with Gasteiger partial charge in [0.15, 0.2) is 0 Å². The zero-order chi connectivity index (χ0) is 16.1. The van der Waals surface area contributed by atoms with Crippen molar-refractivity contribution in [2.75, 3.05) is 57.5 Å². The van der Waals surface area contributed by atoms with Gasteiger partial charge >= 0.3 is 5.97 Å². The van der Waals surface area contributed by atoms with Gasteiger partial charge in [0.1, 0.15) is 0 Å². The molecule has 0 radical (unpaired) electrons. The third-order valence-corrected chi connectivity index (χ3v) is 5.97. The minimum absolute atomic E-state index is 0.0648. The molecule has 3 aliphatic heterocycles. The highest BCUT2D eigenvalue weighted by molar-refractivity contribution is 7.99. The predicted octanol–water partition coefficient (Wildman–Crippen LogP) is 0.606. The average molecular weight is 342 g/mol. The van der Waals surface area contributed by atoms with Crippen LogP contribution in [0.15, 0.2) is 0 Å². The van der Waals surface area contributed by atoms with Crippen LogP contribution in [0.1, 0.15) is 19.3 Å². The first kappa shape index (κ1) is 17.0. The second-order valence-corrected chi connectivity index (χ2v) is 7.67. The lowest BCUT2D eigenvalue weighted by molar-refractivity contribution is -0.138. The minimum Gasteiger partial charge on any atom is -0.465 e. The van der Waals surface area contributed by atoms with E-state index in [1.807, 2.05) is 11.8 Å². The van der Waals surface area contributed by atoms with Crippen molar-refractivity contribution in [2.45, 2.75) is 25.3 Å². The number of cyclic esters (lactones) is 1. The Morgan fingerprint density at radius 3 is 2.83 bits per heavy atom. The quantitative estimate of drug-likeness (QED) is 0.659. The van der Waals surface area contributed by atoms with Crippen molar-refractivity contribution >= 4 is 23.6 Å². The number of morpholine rings is 1. The van der Waals surface area contributed by atoms with Crippen molar-refractivity contribution in [3.05, 3.63) is 0 Å². The third-order valence-electron chi connectivity index (χ3n) is 4.83. The summed E-state index contributed by atoms with van der Waals surface area (Å²) in [4.78, 5) is 28.4. The number of ether oxygens (including phenoxy) is 2. The number of rotatable bonds is 6. The Labute approximate surface area is 141 Å². The van der Waals surface area contributed by atoms with Gasteiger partial charge in [0, 0.05) is 50.3 Å². The minimum atomic E-state index is -0.168. The zero-order valence-corrected chi connectivity index (χ0v) is 14.4. The molecule has 0 bridgehead atoms. The average Bonchev–Trinajstić information content (AvgIpc) is 3.21. The molecule has 1 amide bonds. The van der Waals surface area contributed by atoms with E-state index in [1.165, 1.54) is 0 Å². The van der Waals surface area contributed by atoms with E-state index in [0.717, 1.165) is 57.3 Å². The van der Waals surface area contributed by atoms with Crippen molar-refractivity contribution in [1.29, 1.82) is 0 Å². The Bertz CT molecular complexity index is 422. The van der Waals surface area contributed by atoms with Gasteiger partial charge in [0.2, 0.25) is 5.91 Å². The lowest BCUT2D eigenvalue weighted by Crippen LogP contribution is -2.47. The van der Waals surface area contributed by atoms with Gasteiger partial charge in [0.05, 0.1) is 26.2 Å². The molecule has 3 fully saturated rings. The molecule has 7 heteroatoms. The molecule has 3 heterocycles. The van der Waals surface area contributed by atoms with Gasteiger partial charge < -0.3 is 14.4 Å². The van der Waals surface area contributed by atoms with E-state index in [9.17, 15) is 9.59 Å². The van der Waals surface area contributed by atoms with Gasteiger partial charge in [-0.15, -0.1) is 0 Å². The van der Waals surface area contributed by atoms with Crippen LogP contribution >= 0.6 is 11.8 Å². The second-order valence-electron chi connectivity index (χ2n) is 6.52. The van der Waals surface area contributed by atoms with Gasteiger partial charge in [-0.2, -0.15) is 11.8 Å². The van der Waals surface area contributed by atoms with Crippen molar-refractivity contribution in [2.24, 2.45) is 5.92 Å². The highest BCUT2D eigenvalue weighted by Crippen LogP contribution is 2.25. The van der Waals surface area contributed by atoms with Crippen molar-refractivity contribution in [3.8, 4) is 0 Å². The summed E-state index contributed by atoms with van der Waals surface area (Å²) in [6.07, 6.45) is 1.91. The van der Waals surface area contributed by atoms with Crippen LogP contribution in [0.5, 0.6) is 0 Å². The van der Waals surface area contributed by atoms with Crippen LogP contribution in [0.3, 0.4) is 0 Å². The van der Waals surface area contributed by atoms with Crippen molar-refractivity contribution < 1.29 is 19.1 Å². The largest absolute Gasteiger partial charge is 0.465 e. The second kappa shape index (κ2) is 8.35. The van der Waals surface area contributed by atoms with Crippen LogP contribution in [-0.4, -0.2) is 85.2 Å². The monoisotopic (exact) mass is 342 g/mol. The number of hydrogen-bond donors (Lipinski definition) is 0. The maximum absolute atomic E-state index is 12.8. The Morgan fingerprint density at radius 1 is 1.35 bits per heavy atom. The topological polar surface area (TPSA) is 59.1 Å². The first-order valence-corrected chi connectivity index (χ1v) is 9.71. The smallest absolute Gasteiger partial charge is 0.306 e. The van der Waals surface area contributed by atoms with Crippen LogP contribution in [0.25, 0.3) is 0 Å². The molecular weight excluding hydrogens is 316 g/mol. The number of carbonyl (C=O) groups excluding carboxylic acids is 2. The summed E-state index contributed by atoms with van der Waals surface area (Å²) in [5.41, 5.74) is 0. The summed E-state index contributed by atoms with van der Waals surface area (Å²) in [6, 6.07) is 0.353. The molecule has 23 heavy (non-hydrogen) atoms. The number of carbonyl (C=O) groups is 2. The summed E-state index contributed by atoms with van der Waals surface area (Å²) in [7, 11) is 0. The van der Waals surface area contributed by atoms with Gasteiger partial charge in [-0.25, -0.2) is 0 Å². The molecule has 0 aromatic heterocycles. The fourth-order valence-corrected chi connectivity index (χ4v) is 4.64. The highest BCUT2D eigenvalue weighted by atomic mass is 32.2. The molecule has 0 aromatic carbocycles. The summed E-state index contributed by atoms with van der Waals surface area (Å²) >= 11 is 1.93. The van der Waals surface area contributed by atoms with Crippen LogP contribution in [0, 0.1) is 5.92 Å². The van der Waals surface area contributed by atoms with Crippen LogP contribution < -0.4 is 0 Å². The molecule has 3 aliphatic rings. The summed E-state index contributed by atoms with van der Waals surface area (Å²) in [5, 5.41) is 0. The summed E-state index contributed by atoms with van der Waals surface area (Å²) in [6.45, 7) is 5.57. The van der Waals surface area contributed by atoms with Crippen LogP contribution in [0.2, 0.25) is 0 Å². The van der Waals surface area contributed by atoms with Gasteiger partial charge in [-0.3, -0.25) is 14.5 Å². The van der Waals surface area contributed by atoms with Gasteiger partial charge in [-0.05, 0) is 12.2 Å². The number of esters is 1. The molecule has 0 N–H and O–H groups in total. The zero-order valence-electron chi connectivity index (χ0n) is 13.6. The fourth-order valence-electron chi connectivity index (χ4n) is 3.41. The molecule has 0 saturated carbocycles. The van der Waals surface area contributed by atoms with E-state index >= 15 is 0 Å². The molecule has 0 unspecified atom stereocenters. The third kappa shape index (κ3) is 4.84. The first-order valence-electron chi connectivity index (χ1n) is 8.55. The number of nitrogens with zero attached hydrogens (tertiary/aromatic N) is 2. The Kier molecular flexibility index (Phi) is 6.19. The number of amides is 1. The molecular formula is C16H26N2O4S. The SMILES string of the molecule is O=C1C[C@H](CC(=O)N(CCN2CCOCC2)[C@@H]2CCSC2)CO1. The molecule has 6 nitrogen and oxygen atoms in total. The molecule has 2 atom stereocenters. The molecule has 0 aromatic rings. The van der Waals surface area contributed by atoms with E-state index in [2.05, 4.69) is 9.80 Å². The first-order chi connectivity index (χ1) is 11.2. The normalized spacial score (nSPS) is 28.8. The molecule has 3 rings (SSSR count). The predicted molar refractivity (Wildman–Crippen MR) is 88.4 cm³/mol. The van der Waals surface area contributed by atoms with Crippen LogP contribution in [-0.2, 0) is 19.1 Å². The molecule has 130 valence electrons. The van der Waals surface area contributed by atoms with E-state index < -0.39 is 0 Å². The Morgan fingerprint density at radius 2 is 2.17 bits per heavy atom. The van der Waals surface area contributed by atoms with Gasteiger partial charge in [-0.1, -0.05) is 0 Å². The standard InChI is InChI=1S/C16H26N2O4S/c19-15(9-13-10-16(20)22-11-13)18(14-1-8-23-12-14)3-2-17-4-6-21-7-5-17/h13-14H,1-12H2/t13-,14+/m0/s1. The highest BCUT2D eigenvalue weighted by Gasteiger charge is 2.32. The molecule has 0 aliphatic carbocycles. The Balaban J connectivity index is 1.53. The molecule has 3 saturated heterocycles. The summed E-state index contributed by atoms with van der Waals surface area (Å²) < 4.78 is 10.4. The number of hydrogen-bond acceptors (Lipinski definition) is 6. The number of thioether (sulfide) groups is 1. The summed E-state index contributed by atoms with van der Waals surface area (Å²) in [5.74, 6) is 2.26. The van der Waals surface area contributed by atoms with E-state index in [0.29, 0.717) is 25.5 Å².